The molecule has 112 valence electrons. The van der Waals surface area contributed by atoms with E-state index in [1.807, 2.05) is 6.92 Å². The van der Waals surface area contributed by atoms with Gasteiger partial charge in [0, 0.05) is 5.56 Å². The minimum atomic E-state index is -0.460. The van der Waals surface area contributed by atoms with Crippen molar-refractivity contribution < 1.29 is 23.8 Å². The largest absolute Gasteiger partial charge is 0.493 e. The summed E-state index contributed by atoms with van der Waals surface area (Å²) in [7, 11) is 1.55. The summed E-state index contributed by atoms with van der Waals surface area (Å²) in [6.45, 7) is 1.98. The van der Waals surface area contributed by atoms with Crippen molar-refractivity contribution in [2.24, 2.45) is 16.9 Å². The molecule has 8 heteroatoms. The minimum absolute atomic E-state index is 0.146. The second-order valence-corrected chi connectivity index (χ2v) is 4.72. The van der Waals surface area contributed by atoms with Gasteiger partial charge in [0.25, 0.3) is 5.91 Å². The van der Waals surface area contributed by atoms with E-state index in [0.29, 0.717) is 17.2 Å². The number of nitrogens with zero attached hydrogens (tertiary/aromatic N) is 1. The number of ether oxygens (including phenoxy) is 3. The number of methoxy groups -OCH3 is 1. The van der Waals surface area contributed by atoms with E-state index < -0.39 is 12.0 Å². The van der Waals surface area contributed by atoms with Gasteiger partial charge in [0.1, 0.15) is 0 Å². The van der Waals surface area contributed by atoms with E-state index in [4.69, 9.17) is 24.9 Å². The average Bonchev–Trinajstić information content (AvgIpc) is 3.11. The summed E-state index contributed by atoms with van der Waals surface area (Å²) in [6.07, 6.45) is -0.416. The number of amides is 1. The Morgan fingerprint density at radius 1 is 1.48 bits per heavy atom. The van der Waals surface area contributed by atoms with E-state index in [2.05, 4.69) is 10.6 Å². The molecule has 1 aromatic rings. The summed E-state index contributed by atoms with van der Waals surface area (Å²) < 4.78 is 16.0. The Balaban J connectivity index is 1.91. The highest BCUT2D eigenvalue weighted by atomic mass is 16.7. The van der Waals surface area contributed by atoms with Crippen molar-refractivity contribution in [3.8, 4) is 17.2 Å². The number of rotatable bonds is 3. The lowest BCUT2D eigenvalue weighted by atomic mass is 9.93. The molecule has 0 spiro atoms. The first-order valence-electron chi connectivity index (χ1n) is 6.38. The lowest BCUT2D eigenvalue weighted by molar-refractivity contribution is -0.115. The Bertz CT molecular complexity index is 616. The van der Waals surface area contributed by atoms with Crippen molar-refractivity contribution in [1.82, 2.24) is 5.43 Å². The van der Waals surface area contributed by atoms with E-state index >= 15 is 0 Å². The minimum Gasteiger partial charge on any atom is -0.493 e. The van der Waals surface area contributed by atoms with Gasteiger partial charge in [-0.25, -0.2) is 5.84 Å². The molecule has 1 aromatic carbocycles. The molecular weight excluding hydrogens is 278 g/mol. The molecule has 8 nitrogen and oxygen atoms in total. The van der Waals surface area contributed by atoms with Gasteiger partial charge in [0.05, 0.1) is 13.0 Å². The van der Waals surface area contributed by atoms with Gasteiger partial charge < -0.3 is 19.0 Å². The summed E-state index contributed by atoms with van der Waals surface area (Å²) in [4.78, 5) is 17.0. The Morgan fingerprint density at radius 3 is 3.00 bits per heavy atom. The summed E-state index contributed by atoms with van der Waals surface area (Å²) in [5, 5.41) is 3.81. The number of hydrogen-bond acceptors (Lipinski definition) is 7. The van der Waals surface area contributed by atoms with Gasteiger partial charge in [-0.3, -0.25) is 10.2 Å². The highest BCUT2D eigenvalue weighted by Crippen LogP contribution is 2.45. The third-order valence-corrected chi connectivity index (χ3v) is 3.52. The van der Waals surface area contributed by atoms with Crippen LogP contribution < -0.4 is 25.5 Å². The highest BCUT2D eigenvalue weighted by molar-refractivity contribution is 6.39. The quantitative estimate of drug-likeness (QED) is 0.477. The molecule has 0 saturated heterocycles. The molecule has 3 N–H and O–H groups in total. The third-order valence-electron chi connectivity index (χ3n) is 3.52. The van der Waals surface area contributed by atoms with E-state index in [-0.39, 0.29) is 18.4 Å². The molecular formula is C13H15N3O5. The van der Waals surface area contributed by atoms with Crippen molar-refractivity contribution >= 4 is 11.6 Å². The summed E-state index contributed by atoms with van der Waals surface area (Å²) in [6, 6.07) is 3.58. The van der Waals surface area contributed by atoms with Crippen molar-refractivity contribution in [2.75, 3.05) is 13.9 Å². The first kappa shape index (κ1) is 13.5. The van der Waals surface area contributed by atoms with Crippen LogP contribution in [-0.4, -0.2) is 25.5 Å². The Morgan fingerprint density at radius 2 is 2.29 bits per heavy atom. The molecule has 0 fully saturated rings. The van der Waals surface area contributed by atoms with Crippen molar-refractivity contribution in [3.63, 3.8) is 0 Å². The number of oxime groups is 1. The summed E-state index contributed by atoms with van der Waals surface area (Å²) in [5.41, 5.74) is 3.09. The zero-order chi connectivity index (χ0) is 15.0. The average molecular weight is 293 g/mol. The first-order chi connectivity index (χ1) is 10.2. The van der Waals surface area contributed by atoms with Crippen LogP contribution in [-0.2, 0) is 9.63 Å². The van der Waals surface area contributed by atoms with Gasteiger partial charge in [0.2, 0.25) is 12.5 Å². The Labute approximate surface area is 120 Å². The molecule has 0 aliphatic carbocycles. The van der Waals surface area contributed by atoms with E-state index in [9.17, 15) is 4.79 Å². The number of carbonyl (C=O) groups excluding carboxylic acids is 1. The van der Waals surface area contributed by atoms with Gasteiger partial charge in [0.15, 0.2) is 23.3 Å². The lowest BCUT2D eigenvalue weighted by Crippen LogP contribution is -2.38. The van der Waals surface area contributed by atoms with Crippen LogP contribution in [0.1, 0.15) is 18.6 Å². The van der Waals surface area contributed by atoms with Crippen LogP contribution in [0.4, 0.5) is 0 Å². The molecule has 2 atom stereocenters. The molecule has 2 heterocycles. The molecule has 21 heavy (non-hydrogen) atoms. The zero-order valence-corrected chi connectivity index (χ0v) is 11.6. The molecule has 2 aliphatic heterocycles. The number of nitrogens with one attached hydrogen (secondary N) is 1. The fraction of sp³-hybridized carbons (Fsp3) is 0.385. The molecule has 2 aliphatic rings. The highest BCUT2D eigenvalue weighted by Gasteiger charge is 2.37. The fourth-order valence-corrected chi connectivity index (χ4v) is 2.42. The maximum absolute atomic E-state index is 11.6. The molecule has 0 saturated carbocycles. The molecule has 0 unspecified atom stereocenters. The van der Waals surface area contributed by atoms with Gasteiger partial charge in [-0.15, -0.1) is 0 Å². The maximum Gasteiger partial charge on any atom is 0.283 e. The van der Waals surface area contributed by atoms with Crippen LogP contribution in [0.5, 0.6) is 17.2 Å². The van der Waals surface area contributed by atoms with Crippen LogP contribution in [0.15, 0.2) is 17.3 Å². The van der Waals surface area contributed by atoms with Crippen molar-refractivity contribution in [3.05, 3.63) is 17.7 Å². The van der Waals surface area contributed by atoms with Crippen LogP contribution in [0.25, 0.3) is 0 Å². The monoisotopic (exact) mass is 293 g/mol. The second-order valence-electron chi connectivity index (χ2n) is 4.72. The SMILES string of the molecule is COc1cc([C@H]2ON=C(C(=O)NN)[C@@H]2C)cc2c1OCO2. The Hall–Kier alpha value is -2.48. The molecule has 1 amide bonds. The lowest BCUT2D eigenvalue weighted by Gasteiger charge is -2.16. The maximum atomic E-state index is 11.6. The van der Waals surface area contributed by atoms with Gasteiger partial charge >= 0.3 is 0 Å². The summed E-state index contributed by atoms with van der Waals surface area (Å²) >= 11 is 0. The number of hydrazine groups is 1. The zero-order valence-electron chi connectivity index (χ0n) is 11.6. The molecule has 3 rings (SSSR count). The summed E-state index contributed by atoms with van der Waals surface area (Å²) in [5.74, 6) is 6.11. The molecule has 0 radical (unpaired) electrons. The number of nitrogens with two attached hydrogens (primary N) is 1. The van der Waals surface area contributed by atoms with Crippen molar-refractivity contribution in [1.29, 1.82) is 0 Å². The van der Waals surface area contributed by atoms with Gasteiger partial charge in [-0.2, -0.15) is 0 Å². The predicted molar refractivity (Wildman–Crippen MR) is 71.9 cm³/mol. The van der Waals surface area contributed by atoms with Crippen LogP contribution in [0.2, 0.25) is 0 Å². The van der Waals surface area contributed by atoms with E-state index in [1.54, 1.807) is 19.2 Å². The Kier molecular flexibility index (Phi) is 3.30. The van der Waals surface area contributed by atoms with Gasteiger partial charge in [-0.05, 0) is 12.1 Å². The predicted octanol–water partition coefficient (Wildman–Crippen LogP) is 0.477. The fourth-order valence-electron chi connectivity index (χ4n) is 2.42. The third kappa shape index (κ3) is 2.13. The second kappa shape index (κ2) is 5.13. The van der Waals surface area contributed by atoms with Crippen molar-refractivity contribution in [2.45, 2.75) is 13.0 Å². The van der Waals surface area contributed by atoms with Crippen LogP contribution >= 0.6 is 0 Å². The standard InChI is InChI=1S/C13H15N3O5/c1-6-10(13(17)15-14)16-21-11(6)7-3-8(18-2)12-9(4-7)19-5-20-12/h3-4,6,11H,5,14H2,1-2H3,(H,15,17)/t6-,11-/m0/s1. The smallest absolute Gasteiger partial charge is 0.283 e. The van der Waals surface area contributed by atoms with E-state index in [0.717, 1.165) is 5.56 Å². The first-order valence-corrected chi connectivity index (χ1v) is 6.38. The number of hydrogen-bond donors (Lipinski definition) is 2. The normalized spacial score (nSPS) is 22.5. The number of carbonyl (C=O) groups is 1. The van der Waals surface area contributed by atoms with Gasteiger partial charge in [-0.1, -0.05) is 12.1 Å². The van der Waals surface area contributed by atoms with Crippen LogP contribution in [0, 0.1) is 5.92 Å². The van der Waals surface area contributed by atoms with E-state index in [1.165, 1.54) is 0 Å². The molecule has 0 bridgehead atoms. The number of fused-ring (bicyclic) bond motifs is 1. The number of benzene rings is 1. The topological polar surface area (TPSA) is 104 Å². The van der Waals surface area contributed by atoms with Crippen LogP contribution in [0.3, 0.4) is 0 Å². The molecule has 0 aromatic heterocycles.